The molecule has 8 heteroatoms. The lowest BCUT2D eigenvalue weighted by molar-refractivity contribution is -0.207. The van der Waals surface area contributed by atoms with E-state index in [0.29, 0.717) is 0 Å². The van der Waals surface area contributed by atoms with E-state index < -0.39 is 15.6 Å². The fourth-order valence-electron chi connectivity index (χ4n) is 0.287. The first kappa shape index (κ1) is 12.1. The molecule has 0 rings (SSSR count). The average molecular weight is 244 g/mol. The van der Waals surface area contributed by atoms with Crippen molar-refractivity contribution in [2.24, 2.45) is 0 Å². The summed E-state index contributed by atoms with van der Waals surface area (Å²) in [6.07, 6.45) is -5.53. The molecule has 0 aromatic carbocycles. The summed E-state index contributed by atoms with van der Waals surface area (Å²) >= 11 is 13.9. The van der Waals surface area contributed by atoms with E-state index in [1.165, 1.54) is 0 Å². The molecule has 70 valence electrons. The third-order valence-corrected chi connectivity index (χ3v) is 1.72. The van der Waals surface area contributed by atoms with Gasteiger partial charge in [0.15, 0.2) is 0 Å². The van der Waals surface area contributed by atoms with Gasteiger partial charge in [0.1, 0.15) is 6.07 Å². The van der Waals surface area contributed by atoms with Crippen molar-refractivity contribution in [1.82, 2.24) is 0 Å². The molecular formula is C4Cl3F4N. The third kappa shape index (κ3) is 1.87. The minimum Gasteiger partial charge on any atom is -0.212 e. The van der Waals surface area contributed by atoms with Gasteiger partial charge < -0.3 is 0 Å². The highest BCUT2D eigenvalue weighted by molar-refractivity contribution is 6.68. The summed E-state index contributed by atoms with van der Waals surface area (Å²) < 4.78 is 44.6. The Morgan fingerprint density at radius 3 is 1.33 bits per heavy atom. The number of halogens is 7. The van der Waals surface area contributed by atoms with Crippen molar-refractivity contribution in [3.63, 3.8) is 0 Å². The summed E-state index contributed by atoms with van der Waals surface area (Å²) in [6.45, 7) is 0. The SMILES string of the molecule is N#CC(F)(C(F)(F)F)C(Cl)(Cl)Cl. The van der Waals surface area contributed by atoms with Gasteiger partial charge >= 0.3 is 11.8 Å². The highest BCUT2D eigenvalue weighted by Crippen LogP contribution is 2.49. The number of rotatable bonds is 0. The van der Waals surface area contributed by atoms with Gasteiger partial charge in [0, 0.05) is 0 Å². The minimum atomic E-state index is -5.53. The number of hydrogen-bond donors (Lipinski definition) is 0. The number of nitriles is 1. The molecule has 0 amide bonds. The molecule has 0 radical (unpaired) electrons. The first-order valence-electron chi connectivity index (χ1n) is 2.30. The molecule has 0 fully saturated rings. The molecular weight excluding hydrogens is 244 g/mol. The van der Waals surface area contributed by atoms with Gasteiger partial charge in [0.25, 0.3) is 0 Å². The molecule has 12 heavy (non-hydrogen) atoms. The molecule has 0 aliphatic carbocycles. The Morgan fingerprint density at radius 1 is 1.00 bits per heavy atom. The van der Waals surface area contributed by atoms with Gasteiger partial charge in [-0.05, 0) is 0 Å². The summed E-state index contributed by atoms with van der Waals surface area (Å²) in [6, 6.07) is 0.271. The second-order valence-electron chi connectivity index (χ2n) is 1.77. The van der Waals surface area contributed by atoms with Crippen molar-refractivity contribution in [1.29, 1.82) is 5.26 Å². The van der Waals surface area contributed by atoms with Crippen LogP contribution in [0, 0.1) is 11.3 Å². The number of hydrogen-bond acceptors (Lipinski definition) is 1. The van der Waals surface area contributed by atoms with Gasteiger partial charge in [0.2, 0.25) is 3.79 Å². The van der Waals surface area contributed by atoms with E-state index in [0.717, 1.165) is 0 Å². The lowest BCUT2D eigenvalue weighted by Gasteiger charge is -2.26. The molecule has 0 aliphatic heterocycles. The molecule has 0 bridgehead atoms. The molecule has 1 nitrogen and oxygen atoms in total. The Bertz CT molecular complexity index is 198. The zero-order valence-corrected chi connectivity index (χ0v) is 7.36. The van der Waals surface area contributed by atoms with E-state index in [-0.39, 0.29) is 6.07 Å². The van der Waals surface area contributed by atoms with Crippen molar-refractivity contribution in [3.05, 3.63) is 0 Å². The number of alkyl halides is 7. The Hall–Kier alpha value is 0.0800. The Morgan fingerprint density at radius 2 is 1.33 bits per heavy atom. The third-order valence-electron chi connectivity index (χ3n) is 0.935. The molecule has 0 saturated heterocycles. The van der Waals surface area contributed by atoms with Gasteiger partial charge in [0.05, 0.1) is 0 Å². The summed E-state index contributed by atoms with van der Waals surface area (Å²) in [5.74, 6) is 0. The highest BCUT2D eigenvalue weighted by Gasteiger charge is 2.68. The van der Waals surface area contributed by atoms with Gasteiger partial charge in [-0.15, -0.1) is 0 Å². The van der Waals surface area contributed by atoms with Crippen LogP contribution in [0.3, 0.4) is 0 Å². The smallest absolute Gasteiger partial charge is 0.212 e. The Kier molecular flexibility index (Phi) is 3.11. The predicted octanol–water partition coefficient (Wildman–Crippen LogP) is 3.15. The molecule has 0 aliphatic rings. The second-order valence-corrected chi connectivity index (χ2v) is 4.05. The fourth-order valence-corrected chi connectivity index (χ4v) is 0.736. The van der Waals surface area contributed by atoms with Crippen LogP contribution in [-0.2, 0) is 0 Å². The van der Waals surface area contributed by atoms with Gasteiger partial charge in [-0.2, -0.15) is 18.4 Å². The van der Waals surface area contributed by atoms with Crippen LogP contribution < -0.4 is 0 Å². The van der Waals surface area contributed by atoms with Crippen molar-refractivity contribution in [3.8, 4) is 6.07 Å². The molecule has 1 unspecified atom stereocenters. The van der Waals surface area contributed by atoms with Crippen LogP contribution in [0.25, 0.3) is 0 Å². The van der Waals surface area contributed by atoms with Crippen LogP contribution in [0.5, 0.6) is 0 Å². The summed E-state index contributed by atoms with van der Waals surface area (Å²) in [5, 5.41) is 7.86. The van der Waals surface area contributed by atoms with Crippen molar-refractivity contribution in [2.75, 3.05) is 0 Å². The van der Waals surface area contributed by atoms with E-state index >= 15 is 0 Å². The number of nitrogens with zero attached hydrogens (tertiary/aromatic N) is 1. The van der Waals surface area contributed by atoms with Gasteiger partial charge in [-0.3, -0.25) is 0 Å². The van der Waals surface area contributed by atoms with Gasteiger partial charge in [-0.25, -0.2) is 4.39 Å². The van der Waals surface area contributed by atoms with Crippen LogP contribution in [0.15, 0.2) is 0 Å². The summed E-state index contributed by atoms with van der Waals surface area (Å²) in [7, 11) is 0. The summed E-state index contributed by atoms with van der Waals surface area (Å²) in [4.78, 5) is 0. The molecule has 0 aromatic rings. The van der Waals surface area contributed by atoms with Crippen molar-refractivity contribution in [2.45, 2.75) is 15.6 Å². The Labute approximate surface area is 79.8 Å². The maximum absolute atomic E-state index is 12.7. The first-order valence-corrected chi connectivity index (χ1v) is 3.43. The molecule has 0 saturated carbocycles. The zero-order valence-electron chi connectivity index (χ0n) is 5.09. The molecule has 0 aromatic heterocycles. The van der Waals surface area contributed by atoms with E-state index in [2.05, 4.69) is 34.8 Å². The monoisotopic (exact) mass is 243 g/mol. The summed E-state index contributed by atoms with van der Waals surface area (Å²) in [5.41, 5.74) is -4.48. The molecule has 1 atom stereocenters. The van der Waals surface area contributed by atoms with Crippen LogP contribution in [0.2, 0.25) is 0 Å². The van der Waals surface area contributed by atoms with Crippen molar-refractivity contribution >= 4 is 34.8 Å². The van der Waals surface area contributed by atoms with Crippen LogP contribution in [0.1, 0.15) is 0 Å². The van der Waals surface area contributed by atoms with E-state index in [1.807, 2.05) is 0 Å². The standard InChI is InChI=1S/C4Cl3F4N/c5-3(6,7)2(8,1-12)4(9,10)11. The minimum absolute atomic E-state index is 0.271. The van der Waals surface area contributed by atoms with E-state index in [4.69, 9.17) is 5.26 Å². The van der Waals surface area contributed by atoms with Crippen LogP contribution in [0.4, 0.5) is 17.6 Å². The second kappa shape index (κ2) is 3.09. The predicted molar refractivity (Wildman–Crippen MR) is 35.8 cm³/mol. The lowest BCUT2D eigenvalue weighted by atomic mass is 10.1. The molecule has 0 spiro atoms. The largest absolute Gasteiger partial charge is 0.440 e. The van der Waals surface area contributed by atoms with Crippen LogP contribution in [-0.4, -0.2) is 15.6 Å². The maximum Gasteiger partial charge on any atom is 0.440 e. The lowest BCUT2D eigenvalue weighted by Crippen LogP contribution is -2.50. The highest BCUT2D eigenvalue weighted by atomic mass is 35.6. The quantitative estimate of drug-likeness (QED) is 0.474. The van der Waals surface area contributed by atoms with Crippen LogP contribution >= 0.6 is 34.8 Å². The molecule has 0 heterocycles. The van der Waals surface area contributed by atoms with Crippen molar-refractivity contribution < 1.29 is 17.6 Å². The van der Waals surface area contributed by atoms with Gasteiger partial charge in [-0.1, -0.05) is 34.8 Å². The Balaban J connectivity index is 5.14. The van der Waals surface area contributed by atoms with E-state index in [9.17, 15) is 17.6 Å². The fraction of sp³-hybridized carbons (Fsp3) is 0.750. The maximum atomic E-state index is 12.7. The first-order chi connectivity index (χ1) is 5.06. The topological polar surface area (TPSA) is 23.8 Å². The normalized spacial score (nSPS) is 18.2. The van der Waals surface area contributed by atoms with E-state index in [1.54, 1.807) is 0 Å². The molecule has 0 N–H and O–H groups in total. The zero-order chi connectivity index (χ0) is 10.2. The average Bonchev–Trinajstić information content (AvgIpc) is 1.81.